The first-order valence-electron chi connectivity index (χ1n) is 7.24. The molecule has 0 saturated heterocycles. The Bertz CT molecular complexity index is 951. The molecule has 0 spiro atoms. The van der Waals surface area contributed by atoms with E-state index in [1.807, 2.05) is 0 Å². The van der Waals surface area contributed by atoms with Crippen molar-refractivity contribution in [1.29, 1.82) is 0 Å². The van der Waals surface area contributed by atoms with Crippen LogP contribution in [0.3, 0.4) is 0 Å². The van der Waals surface area contributed by atoms with Crippen LogP contribution in [0.25, 0.3) is 5.69 Å². The summed E-state index contributed by atoms with van der Waals surface area (Å²) in [7, 11) is 0. The summed E-state index contributed by atoms with van der Waals surface area (Å²) in [5.41, 5.74) is -2.15. The molecule has 2 aromatic carbocycles. The molecule has 0 unspecified atom stereocenters. The first kappa shape index (κ1) is 17.9. The van der Waals surface area contributed by atoms with Crippen LogP contribution >= 0.6 is 11.6 Å². The molecule has 3 aromatic rings. The monoisotopic (exact) mass is 383 g/mol. The zero-order valence-corrected chi connectivity index (χ0v) is 13.6. The van der Waals surface area contributed by atoms with Crippen molar-refractivity contribution in [3.05, 3.63) is 76.8 Å². The number of carbonyl (C=O) groups is 1. The number of nitrogens with one attached hydrogen (secondary N) is 1. The van der Waals surface area contributed by atoms with E-state index in [0.717, 1.165) is 12.3 Å². The SMILES string of the molecule is O=C(Nc1ccccc1F)c1cnn(-c2ccc(Cl)cc2)c1C(F)(F)F. The Hall–Kier alpha value is -2.87. The van der Waals surface area contributed by atoms with Gasteiger partial charge in [0.1, 0.15) is 5.82 Å². The highest BCUT2D eigenvalue weighted by Gasteiger charge is 2.40. The highest BCUT2D eigenvalue weighted by Crippen LogP contribution is 2.34. The van der Waals surface area contributed by atoms with Gasteiger partial charge >= 0.3 is 6.18 Å². The summed E-state index contributed by atoms with van der Waals surface area (Å²) in [5, 5.41) is 6.13. The molecule has 1 amide bonds. The van der Waals surface area contributed by atoms with Gasteiger partial charge in [0.2, 0.25) is 0 Å². The number of hydrogen-bond acceptors (Lipinski definition) is 2. The number of aromatic nitrogens is 2. The molecule has 1 aromatic heterocycles. The zero-order valence-electron chi connectivity index (χ0n) is 12.9. The van der Waals surface area contributed by atoms with Crippen molar-refractivity contribution < 1.29 is 22.4 Å². The van der Waals surface area contributed by atoms with Gasteiger partial charge in [-0.2, -0.15) is 18.3 Å². The minimum atomic E-state index is -4.86. The Morgan fingerprint density at radius 3 is 2.35 bits per heavy atom. The summed E-state index contributed by atoms with van der Waals surface area (Å²) in [6, 6.07) is 10.6. The van der Waals surface area contributed by atoms with Gasteiger partial charge < -0.3 is 5.32 Å². The van der Waals surface area contributed by atoms with Gasteiger partial charge in [0, 0.05) is 5.02 Å². The maximum atomic E-state index is 13.6. The van der Waals surface area contributed by atoms with Gasteiger partial charge in [0.25, 0.3) is 5.91 Å². The maximum Gasteiger partial charge on any atom is 0.434 e. The fraction of sp³-hybridized carbons (Fsp3) is 0.0588. The van der Waals surface area contributed by atoms with Crippen molar-refractivity contribution in [2.75, 3.05) is 5.32 Å². The number of para-hydroxylation sites is 1. The van der Waals surface area contributed by atoms with E-state index in [2.05, 4.69) is 10.4 Å². The molecular weight excluding hydrogens is 374 g/mol. The lowest BCUT2D eigenvalue weighted by Crippen LogP contribution is -2.21. The van der Waals surface area contributed by atoms with E-state index in [9.17, 15) is 22.4 Å². The van der Waals surface area contributed by atoms with E-state index < -0.39 is 29.2 Å². The van der Waals surface area contributed by atoms with Crippen LogP contribution in [0.2, 0.25) is 5.02 Å². The number of carbonyl (C=O) groups excluding carboxylic acids is 1. The quantitative estimate of drug-likeness (QED) is 0.651. The van der Waals surface area contributed by atoms with E-state index in [0.29, 0.717) is 9.70 Å². The van der Waals surface area contributed by atoms with Crippen molar-refractivity contribution >= 4 is 23.2 Å². The molecule has 26 heavy (non-hydrogen) atoms. The van der Waals surface area contributed by atoms with E-state index in [1.54, 1.807) is 0 Å². The third-order valence-corrected chi connectivity index (χ3v) is 3.73. The number of amides is 1. The number of anilines is 1. The zero-order chi connectivity index (χ0) is 18.9. The number of nitrogens with zero attached hydrogens (tertiary/aromatic N) is 2. The predicted octanol–water partition coefficient (Wildman–Crippen LogP) is 4.94. The van der Waals surface area contributed by atoms with Crippen LogP contribution in [0.5, 0.6) is 0 Å². The van der Waals surface area contributed by atoms with Crippen molar-refractivity contribution in [2.45, 2.75) is 6.18 Å². The van der Waals surface area contributed by atoms with Gasteiger partial charge in [-0.05, 0) is 36.4 Å². The summed E-state index contributed by atoms with van der Waals surface area (Å²) < 4.78 is 54.9. The summed E-state index contributed by atoms with van der Waals surface area (Å²) in [6.45, 7) is 0. The first-order chi connectivity index (χ1) is 12.3. The van der Waals surface area contributed by atoms with Gasteiger partial charge in [-0.25, -0.2) is 9.07 Å². The molecule has 1 N–H and O–H groups in total. The summed E-state index contributed by atoms with van der Waals surface area (Å²) in [6.07, 6.45) is -4.08. The molecule has 0 bridgehead atoms. The van der Waals surface area contributed by atoms with Crippen LogP contribution in [0.4, 0.5) is 23.2 Å². The molecule has 0 aliphatic heterocycles. The summed E-state index contributed by atoms with van der Waals surface area (Å²) in [5.74, 6) is -1.89. The number of rotatable bonds is 3. The fourth-order valence-electron chi connectivity index (χ4n) is 2.32. The molecule has 9 heteroatoms. The van der Waals surface area contributed by atoms with Gasteiger partial charge in [0.15, 0.2) is 5.69 Å². The molecule has 0 aliphatic rings. The van der Waals surface area contributed by atoms with Crippen LogP contribution in [-0.4, -0.2) is 15.7 Å². The number of halogens is 5. The van der Waals surface area contributed by atoms with Crippen molar-refractivity contribution in [3.8, 4) is 5.69 Å². The van der Waals surface area contributed by atoms with E-state index in [1.165, 1.54) is 42.5 Å². The third kappa shape index (κ3) is 3.55. The van der Waals surface area contributed by atoms with Crippen LogP contribution < -0.4 is 5.32 Å². The minimum absolute atomic E-state index is 0.0756. The van der Waals surface area contributed by atoms with E-state index >= 15 is 0 Å². The van der Waals surface area contributed by atoms with Crippen LogP contribution in [0.1, 0.15) is 16.1 Å². The molecule has 134 valence electrons. The number of hydrogen-bond donors (Lipinski definition) is 1. The molecule has 3 rings (SSSR count). The van der Waals surface area contributed by atoms with Crippen molar-refractivity contribution in [2.24, 2.45) is 0 Å². The lowest BCUT2D eigenvalue weighted by atomic mass is 10.2. The smallest absolute Gasteiger partial charge is 0.319 e. The molecule has 1 heterocycles. The standard InChI is InChI=1S/C17H10ClF4N3O/c18-10-5-7-11(8-6-10)25-15(17(20,21)22)12(9-23-25)16(26)24-14-4-2-1-3-13(14)19/h1-9H,(H,24,26). The third-order valence-electron chi connectivity index (χ3n) is 3.48. The van der Waals surface area contributed by atoms with E-state index in [4.69, 9.17) is 11.6 Å². The molecule has 0 aliphatic carbocycles. The van der Waals surface area contributed by atoms with Gasteiger partial charge in [-0.15, -0.1) is 0 Å². The maximum absolute atomic E-state index is 13.6. The topological polar surface area (TPSA) is 46.9 Å². The largest absolute Gasteiger partial charge is 0.434 e. The lowest BCUT2D eigenvalue weighted by Gasteiger charge is -2.13. The molecule has 0 saturated carbocycles. The lowest BCUT2D eigenvalue weighted by molar-refractivity contribution is -0.143. The minimum Gasteiger partial charge on any atom is -0.319 e. The predicted molar refractivity (Wildman–Crippen MR) is 87.9 cm³/mol. The van der Waals surface area contributed by atoms with Gasteiger partial charge in [-0.1, -0.05) is 23.7 Å². The van der Waals surface area contributed by atoms with Crippen LogP contribution in [0.15, 0.2) is 54.7 Å². The average Bonchev–Trinajstić information content (AvgIpc) is 3.03. The van der Waals surface area contributed by atoms with Gasteiger partial charge in [-0.3, -0.25) is 4.79 Å². The van der Waals surface area contributed by atoms with Crippen LogP contribution in [-0.2, 0) is 6.18 Å². The molecular formula is C17H10ClF4N3O. The Balaban J connectivity index is 2.04. The second kappa shape index (κ2) is 6.80. The second-order valence-electron chi connectivity index (χ2n) is 5.23. The molecule has 4 nitrogen and oxygen atoms in total. The molecule has 0 atom stereocenters. The Labute approximate surface area is 150 Å². The first-order valence-corrected chi connectivity index (χ1v) is 7.62. The average molecular weight is 384 g/mol. The Kier molecular flexibility index (Phi) is 4.69. The van der Waals surface area contributed by atoms with Crippen molar-refractivity contribution in [3.63, 3.8) is 0 Å². The molecule has 0 radical (unpaired) electrons. The van der Waals surface area contributed by atoms with E-state index in [-0.39, 0.29) is 11.4 Å². The normalized spacial score (nSPS) is 11.4. The fourth-order valence-corrected chi connectivity index (χ4v) is 2.44. The van der Waals surface area contributed by atoms with Gasteiger partial charge in [0.05, 0.1) is 23.1 Å². The van der Waals surface area contributed by atoms with Crippen LogP contribution in [0, 0.1) is 5.82 Å². The number of alkyl halides is 3. The molecule has 0 fully saturated rings. The highest BCUT2D eigenvalue weighted by molar-refractivity contribution is 6.30. The Morgan fingerprint density at radius 1 is 1.08 bits per heavy atom. The number of benzene rings is 2. The summed E-state index contributed by atoms with van der Waals surface area (Å²) in [4.78, 5) is 12.3. The van der Waals surface area contributed by atoms with Crippen molar-refractivity contribution in [1.82, 2.24) is 9.78 Å². The highest BCUT2D eigenvalue weighted by atomic mass is 35.5. The Morgan fingerprint density at radius 2 is 1.73 bits per heavy atom. The summed E-state index contributed by atoms with van der Waals surface area (Å²) >= 11 is 5.74. The second-order valence-corrected chi connectivity index (χ2v) is 5.66.